The Morgan fingerprint density at radius 3 is 3.00 bits per heavy atom. The van der Waals surface area contributed by atoms with E-state index in [2.05, 4.69) is 6.08 Å². The third kappa shape index (κ3) is 1.82. The van der Waals surface area contributed by atoms with Crippen molar-refractivity contribution in [2.24, 2.45) is 5.73 Å². The Balaban J connectivity index is 2.32. The van der Waals surface area contributed by atoms with Crippen molar-refractivity contribution in [3.05, 3.63) is 11.6 Å². The Morgan fingerprint density at radius 1 is 1.70 bits per heavy atom. The minimum absolute atomic E-state index is 0.257. The number of hydrogen-bond donors (Lipinski definition) is 2. The number of nitrogens with two attached hydrogens (primary N) is 1. The summed E-state index contributed by atoms with van der Waals surface area (Å²) >= 11 is 0. The summed E-state index contributed by atoms with van der Waals surface area (Å²) < 4.78 is 0. The van der Waals surface area contributed by atoms with Gasteiger partial charge in [-0.15, -0.1) is 0 Å². The zero-order valence-electron chi connectivity index (χ0n) is 6.21. The average molecular weight is 141 g/mol. The molecule has 0 aliphatic heterocycles. The van der Waals surface area contributed by atoms with E-state index in [1.165, 1.54) is 12.0 Å². The molecule has 1 unspecified atom stereocenters. The lowest BCUT2D eigenvalue weighted by molar-refractivity contribution is 0.200. The number of allylic oxidation sites excluding steroid dienone is 1. The zero-order chi connectivity index (χ0) is 7.40. The van der Waals surface area contributed by atoms with Gasteiger partial charge < -0.3 is 10.8 Å². The van der Waals surface area contributed by atoms with Gasteiger partial charge in [-0.2, -0.15) is 0 Å². The fraction of sp³-hybridized carbons (Fsp3) is 0.750. The molecule has 1 aliphatic rings. The maximum atomic E-state index is 9.40. The predicted octanol–water partition coefficient (Wildman–Crippen LogP) is 0.806. The summed E-state index contributed by atoms with van der Waals surface area (Å²) in [5, 5.41) is 9.40. The highest BCUT2D eigenvalue weighted by atomic mass is 16.3. The van der Waals surface area contributed by atoms with Crippen LogP contribution in [0.1, 0.15) is 25.7 Å². The van der Waals surface area contributed by atoms with Gasteiger partial charge >= 0.3 is 0 Å². The molecule has 0 saturated heterocycles. The highest BCUT2D eigenvalue weighted by molar-refractivity contribution is 5.12. The maximum absolute atomic E-state index is 9.40. The van der Waals surface area contributed by atoms with Crippen molar-refractivity contribution in [3.8, 4) is 0 Å². The molecular formula is C8H15NO. The SMILES string of the molecule is NCCC(O)C1=CCCC1. The third-order valence-electron chi connectivity index (χ3n) is 1.94. The quantitative estimate of drug-likeness (QED) is 0.571. The van der Waals surface area contributed by atoms with Crippen LogP contribution in [0, 0.1) is 0 Å². The van der Waals surface area contributed by atoms with Crippen LogP contribution in [-0.2, 0) is 0 Å². The van der Waals surface area contributed by atoms with Gasteiger partial charge in [0.1, 0.15) is 0 Å². The van der Waals surface area contributed by atoms with Crippen molar-refractivity contribution in [3.63, 3.8) is 0 Å². The molecular weight excluding hydrogens is 126 g/mol. The van der Waals surface area contributed by atoms with Gasteiger partial charge in [0, 0.05) is 0 Å². The molecule has 0 bridgehead atoms. The second kappa shape index (κ2) is 3.74. The summed E-state index contributed by atoms with van der Waals surface area (Å²) in [4.78, 5) is 0. The maximum Gasteiger partial charge on any atom is 0.0762 e. The highest BCUT2D eigenvalue weighted by Gasteiger charge is 2.12. The van der Waals surface area contributed by atoms with Gasteiger partial charge in [-0.25, -0.2) is 0 Å². The number of aliphatic hydroxyl groups is 1. The van der Waals surface area contributed by atoms with Gasteiger partial charge in [0.15, 0.2) is 0 Å². The van der Waals surface area contributed by atoms with Gasteiger partial charge in [0.05, 0.1) is 6.10 Å². The van der Waals surface area contributed by atoms with Crippen molar-refractivity contribution < 1.29 is 5.11 Å². The molecule has 58 valence electrons. The van der Waals surface area contributed by atoms with E-state index in [1.54, 1.807) is 0 Å². The Labute approximate surface area is 61.7 Å². The highest BCUT2D eigenvalue weighted by Crippen LogP contribution is 2.21. The van der Waals surface area contributed by atoms with Crippen molar-refractivity contribution >= 4 is 0 Å². The molecule has 0 heterocycles. The molecule has 0 spiro atoms. The first-order valence-electron chi connectivity index (χ1n) is 3.91. The number of hydrogen-bond acceptors (Lipinski definition) is 2. The molecule has 0 aromatic rings. The molecule has 2 heteroatoms. The van der Waals surface area contributed by atoms with E-state index in [0.717, 1.165) is 12.8 Å². The summed E-state index contributed by atoms with van der Waals surface area (Å²) in [5.41, 5.74) is 6.51. The molecule has 1 aliphatic carbocycles. The molecule has 0 aromatic heterocycles. The Morgan fingerprint density at radius 2 is 2.50 bits per heavy atom. The van der Waals surface area contributed by atoms with E-state index in [0.29, 0.717) is 13.0 Å². The first kappa shape index (κ1) is 7.76. The van der Waals surface area contributed by atoms with Crippen LogP contribution in [0.2, 0.25) is 0 Å². The van der Waals surface area contributed by atoms with Gasteiger partial charge in [-0.3, -0.25) is 0 Å². The third-order valence-corrected chi connectivity index (χ3v) is 1.94. The van der Waals surface area contributed by atoms with Gasteiger partial charge in [0.2, 0.25) is 0 Å². The summed E-state index contributed by atoms with van der Waals surface area (Å²) in [5.74, 6) is 0. The average Bonchev–Trinajstić information content (AvgIpc) is 2.38. The van der Waals surface area contributed by atoms with Crippen LogP contribution in [0.4, 0.5) is 0 Å². The Hall–Kier alpha value is -0.340. The predicted molar refractivity (Wildman–Crippen MR) is 41.6 cm³/mol. The molecule has 1 rings (SSSR count). The summed E-state index contributed by atoms with van der Waals surface area (Å²) in [6.45, 7) is 0.582. The molecule has 10 heavy (non-hydrogen) atoms. The van der Waals surface area contributed by atoms with E-state index < -0.39 is 0 Å². The minimum atomic E-state index is -0.257. The molecule has 0 fully saturated rings. The van der Waals surface area contributed by atoms with Gasteiger partial charge in [0.25, 0.3) is 0 Å². The standard InChI is InChI=1S/C8H15NO/c9-6-5-8(10)7-3-1-2-4-7/h3,8,10H,1-2,4-6,9H2. The van der Waals surface area contributed by atoms with Crippen LogP contribution in [-0.4, -0.2) is 17.8 Å². The number of rotatable bonds is 3. The van der Waals surface area contributed by atoms with E-state index in [1.807, 2.05) is 0 Å². The topological polar surface area (TPSA) is 46.2 Å². The Bertz CT molecular complexity index is 131. The van der Waals surface area contributed by atoms with Gasteiger partial charge in [-0.05, 0) is 37.8 Å². The van der Waals surface area contributed by atoms with Crippen LogP contribution >= 0.6 is 0 Å². The molecule has 0 radical (unpaired) electrons. The largest absolute Gasteiger partial charge is 0.389 e. The first-order valence-corrected chi connectivity index (χ1v) is 3.91. The van der Waals surface area contributed by atoms with E-state index in [9.17, 15) is 5.11 Å². The molecule has 2 nitrogen and oxygen atoms in total. The lowest BCUT2D eigenvalue weighted by atomic mass is 10.1. The number of aliphatic hydroxyl groups excluding tert-OH is 1. The molecule has 0 saturated carbocycles. The van der Waals surface area contributed by atoms with Crippen molar-refractivity contribution in [2.75, 3.05) is 6.54 Å². The first-order chi connectivity index (χ1) is 4.84. The Kier molecular flexibility index (Phi) is 2.90. The van der Waals surface area contributed by atoms with Crippen LogP contribution < -0.4 is 5.73 Å². The summed E-state index contributed by atoms with van der Waals surface area (Å²) in [6, 6.07) is 0. The molecule has 1 atom stereocenters. The zero-order valence-corrected chi connectivity index (χ0v) is 6.21. The van der Waals surface area contributed by atoms with Crippen LogP contribution in [0.5, 0.6) is 0 Å². The van der Waals surface area contributed by atoms with Crippen LogP contribution in [0.15, 0.2) is 11.6 Å². The van der Waals surface area contributed by atoms with Crippen molar-refractivity contribution in [1.82, 2.24) is 0 Å². The van der Waals surface area contributed by atoms with Gasteiger partial charge in [-0.1, -0.05) is 6.08 Å². The summed E-state index contributed by atoms with van der Waals surface area (Å²) in [6.07, 6.45) is 6.01. The molecule has 3 N–H and O–H groups in total. The van der Waals surface area contributed by atoms with E-state index in [4.69, 9.17) is 5.73 Å². The van der Waals surface area contributed by atoms with Crippen LogP contribution in [0.25, 0.3) is 0 Å². The van der Waals surface area contributed by atoms with E-state index in [-0.39, 0.29) is 6.10 Å². The smallest absolute Gasteiger partial charge is 0.0762 e. The van der Waals surface area contributed by atoms with Crippen molar-refractivity contribution in [1.29, 1.82) is 0 Å². The fourth-order valence-corrected chi connectivity index (χ4v) is 1.34. The minimum Gasteiger partial charge on any atom is -0.389 e. The normalized spacial score (nSPS) is 20.8. The second-order valence-corrected chi connectivity index (χ2v) is 2.76. The lowest BCUT2D eigenvalue weighted by Gasteiger charge is -2.09. The second-order valence-electron chi connectivity index (χ2n) is 2.76. The van der Waals surface area contributed by atoms with E-state index >= 15 is 0 Å². The lowest BCUT2D eigenvalue weighted by Crippen LogP contribution is -2.14. The monoisotopic (exact) mass is 141 g/mol. The fourth-order valence-electron chi connectivity index (χ4n) is 1.34. The van der Waals surface area contributed by atoms with Crippen LogP contribution in [0.3, 0.4) is 0 Å². The summed E-state index contributed by atoms with van der Waals surface area (Å²) in [7, 11) is 0. The van der Waals surface area contributed by atoms with Crippen molar-refractivity contribution in [2.45, 2.75) is 31.8 Å². The molecule has 0 aromatic carbocycles. The molecule has 0 amide bonds.